The predicted molar refractivity (Wildman–Crippen MR) is 75.4 cm³/mol. The van der Waals surface area contributed by atoms with E-state index in [1.54, 1.807) is 0 Å². The number of urea groups is 1. The minimum atomic E-state index is -1.18. The van der Waals surface area contributed by atoms with Crippen molar-refractivity contribution in [1.82, 2.24) is 15.5 Å². The second kappa shape index (κ2) is 8.52. The molecule has 7 heteroatoms. The molecule has 0 atom stereocenters. The van der Waals surface area contributed by atoms with Crippen molar-refractivity contribution >= 4 is 17.9 Å². The summed E-state index contributed by atoms with van der Waals surface area (Å²) >= 11 is 0. The van der Waals surface area contributed by atoms with Crippen LogP contribution in [0, 0.1) is 5.41 Å². The van der Waals surface area contributed by atoms with Gasteiger partial charge < -0.3 is 15.3 Å². The Kier molecular flexibility index (Phi) is 7.83. The number of hydrogen-bond acceptors (Lipinski definition) is 4. The maximum Gasteiger partial charge on any atom is 0.321 e. The van der Waals surface area contributed by atoms with E-state index in [1.165, 1.54) is 13.8 Å². The van der Waals surface area contributed by atoms with Gasteiger partial charge in [0.2, 0.25) is 5.91 Å². The fraction of sp³-hybridized carbons (Fsp3) is 0.769. The highest BCUT2D eigenvalue weighted by molar-refractivity contribution is 5.96. The molecule has 0 aromatic heterocycles. The zero-order valence-electron chi connectivity index (χ0n) is 12.7. The number of carboxylic acid groups (broad SMARTS) is 1. The number of hydrogen-bond donors (Lipinski definition) is 3. The molecule has 0 aliphatic carbocycles. The van der Waals surface area contributed by atoms with E-state index in [0.717, 1.165) is 19.4 Å². The van der Waals surface area contributed by atoms with E-state index in [4.69, 9.17) is 5.11 Å². The van der Waals surface area contributed by atoms with E-state index in [1.807, 2.05) is 14.1 Å². The number of aliphatic carboxylic acids is 1. The van der Waals surface area contributed by atoms with Crippen LogP contribution in [-0.2, 0) is 9.59 Å². The minimum Gasteiger partial charge on any atom is -0.481 e. The quantitative estimate of drug-likeness (QED) is 0.569. The molecule has 0 radical (unpaired) electrons. The topological polar surface area (TPSA) is 98.7 Å². The molecule has 20 heavy (non-hydrogen) atoms. The number of nitrogens with one attached hydrogen (secondary N) is 2. The minimum absolute atomic E-state index is 0.240. The van der Waals surface area contributed by atoms with Gasteiger partial charge in [0.1, 0.15) is 0 Å². The molecule has 7 nitrogen and oxygen atoms in total. The molecule has 0 aromatic carbocycles. The first-order valence-corrected chi connectivity index (χ1v) is 6.61. The molecular formula is C13H25N3O4. The molecule has 0 fully saturated rings. The zero-order valence-corrected chi connectivity index (χ0v) is 12.7. The number of imide groups is 1. The summed E-state index contributed by atoms with van der Waals surface area (Å²) in [6.45, 7) is 4.30. The van der Waals surface area contributed by atoms with Crippen molar-refractivity contribution in [1.29, 1.82) is 0 Å². The molecule has 3 N–H and O–H groups in total. The molecule has 0 spiro atoms. The first-order valence-electron chi connectivity index (χ1n) is 6.61. The molecule has 0 heterocycles. The van der Waals surface area contributed by atoms with Crippen LogP contribution in [0.25, 0.3) is 0 Å². The first kappa shape index (κ1) is 18.4. The van der Waals surface area contributed by atoms with Crippen molar-refractivity contribution in [3.63, 3.8) is 0 Å². The van der Waals surface area contributed by atoms with E-state index < -0.39 is 23.3 Å². The van der Waals surface area contributed by atoms with E-state index in [0.29, 0.717) is 6.54 Å². The van der Waals surface area contributed by atoms with Crippen molar-refractivity contribution in [3.05, 3.63) is 0 Å². The van der Waals surface area contributed by atoms with E-state index >= 15 is 0 Å². The first-order chi connectivity index (χ1) is 9.15. The Morgan fingerprint density at radius 3 is 2.25 bits per heavy atom. The maximum absolute atomic E-state index is 11.5. The van der Waals surface area contributed by atoms with E-state index in [-0.39, 0.29) is 6.42 Å². The Labute approximate surface area is 119 Å². The SMILES string of the molecule is CN(C)CCCCNC(=O)NC(=O)CC(C)(C)C(=O)O. The molecule has 0 rings (SSSR count). The lowest BCUT2D eigenvalue weighted by molar-refractivity contribution is -0.149. The number of amides is 3. The van der Waals surface area contributed by atoms with Crippen molar-refractivity contribution in [2.24, 2.45) is 5.41 Å². The summed E-state index contributed by atoms with van der Waals surface area (Å²) in [4.78, 5) is 35.8. The largest absolute Gasteiger partial charge is 0.481 e. The number of carbonyl (C=O) groups is 3. The van der Waals surface area contributed by atoms with Crippen LogP contribution in [0.1, 0.15) is 33.1 Å². The van der Waals surface area contributed by atoms with Gasteiger partial charge in [0.15, 0.2) is 0 Å². The summed E-state index contributed by atoms with van der Waals surface area (Å²) < 4.78 is 0. The van der Waals surface area contributed by atoms with Gasteiger partial charge in [0.05, 0.1) is 5.41 Å². The monoisotopic (exact) mass is 287 g/mol. The van der Waals surface area contributed by atoms with Crippen LogP contribution in [0.15, 0.2) is 0 Å². The molecule has 0 aliphatic rings. The van der Waals surface area contributed by atoms with Gasteiger partial charge in [-0.2, -0.15) is 0 Å². The molecule has 3 amide bonds. The third-order valence-electron chi connectivity index (χ3n) is 2.75. The molecule has 0 aliphatic heterocycles. The molecule has 116 valence electrons. The Hall–Kier alpha value is -1.63. The lowest BCUT2D eigenvalue weighted by atomic mass is 9.89. The van der Waals surface area contributed by atoms with Crippen molar-refractivity contribution in [2.75, 3.05) is 27.2 Å². The normalized spacial score (nSPS) is 11.2. The Morgan fingerprint density at radius 1 is 1.15 bits per heavy atom. The molecule has 0 bridgehead atoms. The highest BCUT2D eigenvalue weighted by Gasteiger charge is 2.30. The third-order valence-corrected chi connectivity index (χ3v) is 2.75. The van der Waals surface area contributed by atoms with E-state index in [2.05, 4.69) is 15.5 Å². The maximum atomic E-state index is 11.5. The van der Waals surface area contributed by atoms with Gasteiger partial charge in [0.25, 0.3) is 0 Å². The second-order valence-corrected chi connectivity index (χ2v) is 5.68. The average Bonchev–Trinajstić information content (AvgIpc) is 2.26. The number of nitrogens with zero attached hydrogens (tertiary/aromatic N) is 1. The van der Waals surface area contributed by atoms with Crippen molar-refractivity contribution in [3.8, 4) is 0 Å². The Balaban J connectivity index is 3.86. The molecule has 0 saturated carbocycles. The van der Waals surface area contributed by atoms with Crippen LogP contribution < -0.4 is 10.6 Å². The molecule has 0 unspecified atom stereocenters. The fourth-order valence-corrected chi connectivity index (χ4v) is 1.45. The summed E-state index contributed by atoms with van der Waals surface area (Å²) in [6.07, 6.45) is 1.53. The number of carboxylic acids is 1. The van der Waals surface area contributed by atoms with Gasteiger partial charge in [-0.1, -0.05) is 0 Å². The highest BCUT2D eigenvalue weighted by Crippen LogP contribution is 2.19. The van der Waals surface area contributed by atoms with Crippen LogP contribution in [-0.4, -0.2) is 55.1 Å². The van der Waals surface area contributed by atoms with Gasteiger partial charge >= 0.3 is 12.0 Å². The van der Waals surface area contributed by atoms with Crippen molar-refractivity contribution < 1.29 is 19.5 Å². The fourth-order valence-electron chi connectivity index (χ4n) is 1.45. The summed E-state index contributed by atoms with van der Waals surface area (Å²) in [5.74, 6) is -1.67. The number of rotatable bonds is 8. The van der Waals surface area contributed by atoms with E-state index in [9.17, 15) is 14.4 Å². The van der Waals surface area contributed by atoms with Crippen LogP contribution in [0.5, 0.6) is 0 Å². The van der Waals surface area contributed by atoms with Crippen LogP contribution >= 0.6 is 0 Å². The summed E-state index contributed by atoms with van der Waals surface area (Å²) in [7, 11) is 3.95. The lowest BCUT2D eigenvalue weighted by Crippen LogP contribution is -2.42. The molecule has 0 aromatic rings. The van der Waals surface area contributed by atoms with Gasteiger partial charge in [-0.3, -0.25) is 14.9 Å². The Morgan fingerprint density at radius 2 is 1.75 bits per heavy atom. The Bertz CT molecular complexity index is 354. The van der Waals surface area contributed by atoms with Crippen molar-refractivity contribution in [2.45, 2.75) is 33.1 Å². The third kappa shape index (κ3) is 8.47. The van der Waals surface area contributed by atoms with Crippen LogP contribution in [0.2, 0.25) is 0 Å². The summed E-state index contributed by atoms with van der Waals surface area (Å²) in [5.41, 5.74) is -1.18. The lowest BCUT2D eigenvalue weighted by Gasteiger charge is -2.17. The van der Waals surface area contributed by atoms with Crippen LogP contribution in [0.3, 0.4) is 0 Å². The van der Waals surface area contributed by atoms with Gasteiger partial charge in [-0.15, -0.1) is 0 Å². The zero-order chi connectivity index (χ0) is 15.8. The number of unbranched alkanes of at least 4 members (excludes halogenated alkanes) is 1. The standard InChI is InChI=1S/C13H25N3O4/c1-13(2,11(18)19)9-10(17)15-12(20)14-7-5-6-8-16(3)4/h5-9H2,1-4H3,(H,18,19)(H2,14,15,17,20). The predicted octanol–water partition coefficient (Wildman–Crippen LogP) is 0.655. The number of carbonyl (C=O) groups excluding carboxylic acids is 2. The van der Waals surface area contributed by atoms with Gasteiger partial charge in [0, 0.05) is 13.0 Å². The second-order valence-electron chi connectivity index (χ2n) is 5.68. The van der Waals surface area contributed by atoms with Gasteiger partial charge in [-0.25, -0.2) is 4.79 Å². The average molecular weight is 287 g/mol. The smallest absolute Gasteiger partial charge is 0.321 e. The molecule has 0 saturated heterocycles. The molecular weight excluding hydrogens is 262 g/mol. The summed E-state index contributed by atoms with van der Waals surface area (Å²) in [5, 5.41) is 13.6. The highest BCUT2D eigenvalue weighted by atomic mass is 16.4. The van der Waals surface area contributed by atoms with Gasteiger partial charge in [-0.05, 0) is 47.3 Å². The van der Waals surface area contributed by atoms with Crippen LogP contribution in [0.4, 0.5) is 4.79 Å². The summed E-state index contributed by atoms with van der Waals surface area (Å²) in [6, 6.07) is -0.582.